The Bertz CT molecular complexity index is 710. The number of hydrogen-bond donors (Lipinski definition) is 2. The summed E-state index contributed by atoms with van der Waals surface area (Å²) in [6, 6.07) is 5.06. The fourth-order valence-corrected chi connectivity index (χ4v) is 3.48. The zero-order valence-electron chi connectivity index (χ0n) is 13.1. The number of halogens is 3. The summed E-state index contributed by atoms with van der Waals surface area (Å²) in [5.74, 6) is 1.31. The monoisotopic (exact) mass is 433 g/mol. The number of aromatic nitrogens is 3. The first-order chi connectivity index (χ1) is 11.0. The molecule has 1 aliphatic heterocycles. The summed E-state index contributed by atoms with van der Waals surface area (Å²) in [5.41, 5.74) is 0.468. The number of nitrogens with one attached hydrogen (secondary N) is 2. The highest BCUT2D eigenvalue weighted by atomic mass is 79.9. The van der Waals surface area contributed by atoms with Gasteiger partial charge in [-0.1, -0.05) is 27.5 Å². The van der Waals surface area contributed by atoms with Gasteiger partial charge in [0.15, 0.2) is 5.82 Å². The van der Waals surface area contributed by atoms with Gasteiger partial charge >= 0.3 is 0 Å². The van der Waals surface area contributed by atoms with Crippen molar-refractivity contribution in [1.82, 2.24) is 20.1 Å². The lowest BCUT2D eigenvalue weighted by atomic mass is 9.98. The van der Waals surface area contributed by atoms with Crippen LogP contribution in [-0.4, -0.2) is 33.8 Å². The number of carbonyl (C=O) groups excluding carboxylic acids is 1. The Morgan fingerprint density at radius 3 is 2.75 bits per heavy atom. The molecule has 0 saturated carbocycles. The molecule has 0 atom stereocenters. The third kappa shape index (κ3) is 4.47. The van der Waals surface area contributed by atoms with E-state index >= 15 is 0 Å². The van der Waals surface area contributed by atoms with Gasteiger partial charge in [0.25, 0.3) is 5.91 Å². The van der Waals surface area contributed by atoms with Crippen LogP contribution in [0.1, 0.15) is 34.9 Å². The van der Waals surface area contributed by atoms with E-state index in [0.29, 0.717) is 22.5 Å². The van der Waals surface area contributed by atoms with E-state index in [4.69, 9.17) is 11.6 Å². The van der Waals surface area contributed by atoms with Gasteiger partial charge < -0.3 is 5.32 Å². The number of carbonyl (C=O) groups is 1. The first-order valence-corrected chi connectivity index (χ1v) is 8.59. The van der Waals surface area contributed by atoms with Crippen molar-refractivity contribution in [3.05, 3.63) is 39.1 Å². The maximum absolute atomic E-state index is 12.4. The molecule has 0 bridgehead atoms. The molecule has 1 aliphatic rings. The molecule has 3 rings (SSSR count). The Hall–Kier alpha value is -1.15. The molecule has 9 heteroatoms. The number of piperidine rings is 1. The fraction of sp³-hybridized carbons (Fsp3) is 0.400. The second-order valence-electron chi connectivity index (χ2n) is 5.55. The van der Waals surface area contributed by atoms with Crippen molar-refractivity contribution in [1.29, 1.82) is 0 Å². The highest BCUT2D eigenvalue weighted by Crippen LogP contribution is 2.24. The third-order valence-electron chi connectivity index (χ3n) is 3.83. The van der Waals surface area contributed by atoms with Crippen LogP contribution in [0.4, 0.5) is 5.95 Å². The first-order valence-electron chi connectivity index (χ1n) is 7.42. The molecule has 0 unspecified atom stereocenters. The van der Waals surface area contributed by atoms with Crippen LogP contribution in [0.5, 0.6) is 0 Å². The van der Waals surface area contributed by atoms with E-state index in [0.717, 1.165) is 36.2 Å². The van der Waals surface area contributed by atoms with Crippen LogP contribution in [-0.2, 0) is 7.05 Å². The van der Waals surface area contributed by atoms with Crippen LogP contribution in [0.2, 0.25) is 5.02 Å². The van der Waals surface area contributed by atoms with Crippen molar-refractivity contribution >= 4 is 51.8 Å². The van der Waals surface area contributed by atoms with E-state index in [1.807, 2.05) is 0 Å². The molecule has 24 heavy (non-hydrogen) atoms. The summed E-state index contributed by atoms with van der Waals surface area (Å²) in [5, 5.41) is 11.1. The summed E-state index contributed by atoms with van der Waals surface area (Å²) in [6.07, 6.45) is 2.03. The summed E-state index contributed by atoms with van der Waals surface area (Å²) < 4.78 is 2.36. The lowest BCUT2D eigenvalue weighted by Crippen LogP contribution is -2.27. The quantitative estimate of drug-likeness (QED) is 0.776. The van der Waals surface area contributed by atoms with E-state index in [1.165, 1.54) is 0 Å². The van der Waals surface area contributed by atoms with Crippen LogP contribution >= 0.6 is 39.9 Å². The van der Waals surface area contributed by atoms with Gasteiger partial charge in [-0.05, 0) is 44.1 Å². The summed E-state index contributed by atoms with van der Waals surface area (Å²) in [6.45, 7) is 1.95. The van der Waals surface area contributed by atoms with Gasteiger partial charge in [0.05, 0.1) is 0 Å². The molecule has 2 N–H and O–H groups in total. The topological polar surface area (TPSA) is 71.8 Å². The minimum Gasteiger partial charge on any atom is -0.317 e. The Balaban J connectivity index is 0.00000208. The fourth-order valence-electron chi connectivity index (χ4n) is 2.62. The van der Waals surface area contributed by atoms with E-state index in [2.05, 4.69) is 36.6 Å². The number of anilines is 1. The number of hydrogen-bond acceptors (Lipinski definition) is 4. The molecule has 130 valence electrons. The Labute approximate surface area is 159 Å². The lowest BCUT2D eigenvalue weighted by Gasteiger charge is -2.19. The Morgan fingerprint density at radius 1 is 1.38 bits per heavy atom. The maximum atomic E-state index is 12.4. The average molecular weight is 435 g/mol. The summed E-state index contributed by atoms with van der Waals surface area (Å²) in [7, 11) is 1.78. The molecule has 2 aromatic rings. The first kappa shape index (κ1) is 19.2. The van der Waals surface area contributed by atoms with Crippen molar-refractivity contribution < 1.29 is 4.79 Å². The highest BCUT2D eigenvalue weighted by molar-refractivity contribution is 9.10. The van der Waals surface area contributed by atoms with Gasteiger partial charge in [0.1, 0.15) is 0 Å². The molecular formula is C15H18BrCl2N5O. The Morgan fingerprint density at radius 2 is 2.08 bits per heavy atom. The van der Waals surface area contributed by atoms with Crippen molar-refractivity contribution in [2.75, 3.05) is 18.4 Å². The van der Waals surface area contributed by atoms with Crippen LogP contribution in [0, 0.1) is 0 Å². The molecule has 0 aliphatic carbocycles. The molecule has 0 spiro atoms. The normalized spacial score (nSPS) is 15.0. The van der Waals surface area contributed by atoms with Crippen molar-refractivity contribution in [3.63, 3.8) is 0 Å². The summed E-state index contributed by atoms with van der Waals surface area (Å²) >= 11 is 9.32. The zero-order chi connectivity index (χ0) is 16.4. The SMILES string of the molecule is Cl.Cn1nc(C2CCNCC2)nc1NC(=O)c1cc(Cl)cc(Br)c1. The molecule has 0 radical (unpaired) electrons. The van der Waals surface area contributed by atoms with Gasteiger partial charge in [-0.2, -0.15) is 10.1 Å². The van der Waals surface area contributed by atoms with E-state index in [9.17, 15) is 4.79 Å². The van der Waals surface area contributed by atoms with Crippen molar-refractivity contribution in [2.45, 2.75) is 18.8 Å². The van der Waals surface area contributed by atoms with E-state index in [-0.39, 0.29) is 18.3 Å². The Kier molecular flexibility index (Phi) is 6.62. The number of rotatable bonds is 3. The number of nitrogens with zero attached hydrogens (tertiary/aromatic N) is 3. The molecular weight excluding hydrogens is 417 g/mol. The van der Waals surface area contributed by atoms with Crippen LogP contribution < -0.4 is 10.6 Å². The second-order valence-corrected chi connectivity index (χ2v) is 6.91. The van der Waals surface area contributed by atoms with Crippen molar-refractivity contribution in [2.24, 2.45) is 7.05 Å². The molecule has 6 nitrogen and oxygen atoms in total. The van der Waals surface area contributed by atoms with Crippen LogP contribution in [0.15, 0.2) is 22.7 Å². The van der Waals surface area contributed by atoms with E-state index in [1.54, 1.807) is 29.9 Å². The maximum Gasteiger partial charge on any atom is 0.258 e. The van der Waals surface area contributed by atoms with Crippen LogP contribution in [0.25, 0.3) is 0 Å². The van der Waals surface area contributed by atoms with Crippen LogP contribution in [0.3, 0.4) is 0 Å². The zero-order valence-corrected chi connectivity index (χ0v) is 16.2. The molecule has 1 fully saturated rings. The predicted molar refractivity (Wildman–Crippen MR) is 100 cm³/mol. The number of benzene rings is 1. The van der Waals surface area contributed by atoms with Gasteiger partial charge in [0.2, 0.25) is 5.95 Å². The molecule has 1 aromatic carbocycles. The summed E-state index contributed by atoms with van der Waals surface area (Å²) in [4.78, 5) is 16.9. The minimum absolute atomic E-state index is 0. The van der Waals surface area contributed by atoms with Gasteiger partial charge in [0, 0.05) is 28.0 Å². The van der Waals surface area contributed by atoms with E-state index < -0.39 is 0 Å². The molecule has 1 saturated heterocycles. The average Bonchev–Trinajstić information content (AvgIpc) is 2.88. The minimum atomic E-state index is -0.263. The van der Waals surface area contributed by atoms with Gasteiger partial charge in [-0.3, -0.25) is 10.1 Å². The number of aryl methyl sites for hydroxylation is 1. The highest BCUT2D eigenvalue weighted by Gasteiger charge is 2.21. The second kappa shape index (κ2) is 8.29. The molecule has 1 aromatic heterocycles. The van der Waals surface area contributed by atoms with Gasteiger partial charge in [-0.25, -0.2) is 4.68 Å². The molecule has 2 heterocycles. The largest absolute Gasteiger partial charge is 0.317 e. The standard InChI is InChI=1S/C15H17BrClN5O.ClH/c1-22-15(19-13(21-22)9-2-4-18-5-3-9)20-14(23)10-6-11(16)8-12(17)7-10;/h6-9,18H,2-5H2,1H3,(H,19,20,21,23);1H. The van der Waals surface area contributed by atoms with Gasteiger partial charge in [-0.15, -0.1) is 12.4 Å². The third-order valence-corrected chi connectivity index (χ3v) is 4.51. The lowest BCUT2D eigenvalue weighted by molar-refractivity contribution is 0.102. The smallest absolute Gasteiger partial charge is 0.258 e. The van der Waals surface area contributed by atoms with Crippen molar-refractivity contribution in [3.8, 4) is 0 Å². The number of amides is 1. The predicted octanol–water partition coefficient (Wildman–Crippen LogP) is 3.37. The molecule has 1 amide bonds.